The Morgan fingerprint density at radius 2 is 1.85 bits per heavy atom. The summed E-state index contributed by atoms with van der Waals surface area (Å²) in [5.41, 5.74) is 4.27. The quantitative estimate of drug-likeness (QED) is 0.414. The standard InChI is InChI=1S/C26H23ClN2O4S/c1-29-14-18-6-3-4-9-20(18)22(15-29)16-7-5-8-17(12-16)24-25(33-34(2,31)32)21-11-10-19(27)13-23(21)28-26(24)30/h3-13,22H,14-15H2,1-2H3,(H,28,30). The molecule has 6 nitrogen and oxygen atoms in total. The molecule has 34 heavy (non-hydrogen) atoms. The van der Waals surface area contributed by atoms with Gasteiger partial charge in [0, 0.05) is 29.4 Å². The number of nitrogens with one attached hydrogen (secondary N) is 1. The Kier molecular flexibility index (Phi) is 5.72. The van der Waals surface area contributed by atoms with Crippen LogP contribution in [0.5, 0.6) is 5.75 Å². The van der Waals surface area contributed by atoms with Crippen molar-refractivity contribution in [1.82, 2.24) is 9.88 Å². The molecule has 0 saturated carbocycles. The van der Waals surface area contributed by atoms with Crippen LogP contribution in [0.3, 0.4) is 0 Å². The summed E-state index contributed by atoms with van der Waals surface area (Å²) in [6.07, 6.45) is 0.963. The van der Waals surface area contributed by atoms with Gasteiger partial charge in [0.15, 0.2) is 5.75 Å². The van der Waals surface area contributed by atoms with Gasteiger partial charge in [-0.15, -0.1) is 0 Å². The molecule has 1 unspecified atom stereocenters. The van der Waals surface area contributed by atoms with E-state index in [1.807, 2.05) is 30.3 Å². The highest BCUT2D eigenvalue weighted by atomic mass is 35.5. The molecule has 0 aliphatic carbocycles. The predicted molar refractivity (Wildman–Crippen MR) is 135 cm³/mol. The Labute approximate surface area is 202 Å². The molecule has 0 fully saturated rings. The number of aromatic amines is 1. The summed E-state index contributed by atoms with van der Waals surface area (Å²) in [7, 11) is -1.81. The summed E-state index contributed by atoms with van der Waals surface area (Å²) in [6.45, 7) is 1.71. The number of fused-ring (bicyclic) bond motifs is 2. The van der Waals surface area contributed by atoms with Crippen molar-refractivity contribution >= 4 is 32.6 Å². The second-order valence-electron chi connectivity index (χ2n) is 8.71. The highest BCUT2D eigenvalue weighted by Gasteiger charge is 2.26. The van der Waals surface area contributed by atoms with E-state index in [0.717, 1.165) is 24.9 Å². The first-order chi connectivity index (χ1) is 16.2. The number of likely N-dealkylation sites (N-methyl/N-ethyl adjacent to an activating group) is 1. The normalized spacial score (nSPS) is 16.4. The average Bonchev–Trinajstić information content (AvgIpc) is 2.77. The molecular formula is C26H23ClN2O4S. The van der Waals surface area contributed by atoms with Crippen molar-refractivity contribution in [3.8, 4) is 16.9 Å². The molecule has 1 N–H and O–H groups in total. The Balaban J connectivity index is 1.71. The number of pyridine rings is 1. The van der Waals surface area contributed by atoms with Crippen molar-refractivity contribution in [2.24, 2.45) is 0 Å². The zero-order chi connectivity index (χ0) is 24.0. The highest BCUT2D eigenvalue weighted by Crippen LogP contribution is 2.38. The van der Waals surface area contributed by atoms with E-state index in [9.17, 15) is 13.2 Å². The Morgan fingerprint density at radius 3 is 2.65 bits per heavy atom. The van der Waals surface area contributed by atoms with E-state index >= 15 is 0 Å². The maximum atomic E-state index is 13.2. The topological polar surface area (TPSA) is 79.5 Å². The van der Waals surface area contributed by atoms with Crippen LogP contribution in [0, 0.1) is 0 Å². The number of aromatic nitrogens is 1. The molecule has 3 aromatic carbocycles. The highest BCUT2D eigenvalue weighted by molar-refractivity contribution is 7.86. The van der Waals surface area contributed by atoms with Crippen LogP contribution in [-0.2, 0) is 16.7 Å². The number of hydrogen-bond donors (Lipinski definition) is 1. The molecule has 1 aliphatic heterocycles. The zero-order valence-corrected chi connectivity index (χ0v) is 20.3. The minimum atomic E-state index is -3.90. The fourth-order valence-corrected chi connectivity index (χ4v) is 5.37. The first-order valence-corrected chi connectivity index (χ1v) is 13.0. The van der Waals surface area contributed by atoms with Crippen molar-refractivity contribution in [3.05, 3.63) is 98.8 Å². The minimum absolute atomic E-state index is 0.00349. The first kappa shape index (κ1) is 22.7. The van der Waals surface area contributed by atoms with Gasteiger partial charge in [0.25, 0.3) is 5.56 Å². The molecule has 174 valence electrons. The second kappa shape index (κ2) is 8.58. The molecule has 1 aromatic heterocycles. The number of hydrogen-bond acceptors (Lipinski definition) is 5. The Morgan fingerprint density at radius 1 is 1.06 bits per heavy atom. The maximum absolute atomic E-state index is 13.2. The molecule has 0 bridgehead atoms. The van der Waals surface area contributed by atoms with Gasteiger partial charge >= 0.3 is 10.1 Å². The third-order valence-corrected chi connectivity index (χ3v) is 6.81. The van der Waals surface area contributed by atoms with Crippen LogP contribution >= 0.6 is 11.6 Å². The van der Waals surface area contributed by atoms with Gasteiger partial charge in [-0.2, -0.15) is 8.42 Å². The van der Waals surface area contributed by atoms with E-state index in [0.29, 0.717) is 21.5 Å². The summed E-state index contributed by atoms with van der Waals surface area (Å²) in [6, 6.07) is 20.9. The maximum Gasteiger partial charge on any atom is 0.306 e. The van der Waals surface area contributed by atoms with E-state index in [1.165, 1.54) is 11.1 Å². The monoisotopic (exact) mass is 494 g/mol. The molecule has 0 radical (unpaired) electrons. The lowest BCUT2D eigenvalue weighted by atomic mass is 9.84. The summed E-state index contributed by atoms with van der Waals surface area (Å²) < 4.78 is 29.6. The summed E-state index contributed by atoms with van der Waals surface area (Å²) in [5, 5.41) is 0.876. The summed E-state index contributed by atoms with van der Waals surface area (Å²) in [4.78, 5) is 18.3. The summed E-state index contributed by atoms with van der Waals surface area (Å²) in [5.74, 6) is 0.115. The van der Waals surface area contributed by atoms with Crippen molar-refractivity contribution in [3.63, 3.8) is 0 Å². The molecule has 1 atom stereocenters. The zero-order valence-electron chi connectivity index (χ0n) is 18.7. The van der Waals surface area contributed by atoms with Crippen molar-refractivity contribution in [2.45, 2.75) is 12.5 Å². The average molecular weight is 495 g/mol. The van der Waals surface area contributed by atoms with Crippen LogP contribution in [0.25, 0.3) is 22.0 Å². The third kappa shape index (κ3) is 4.34. The Bertz CT molecular complexity index is 1580. The van der Waals surface area contributed by atoms with Gasteiger partial charge < -0.3 is 14.1 Å². The van der Waals surface area contributed by atoms with Crippen LogP contribution in [0.1, 0.15) is 22.6 Å². The second-order valence-corrected chi connectivity index (χ2v) is 10.7. The predicted octanol–water partition coefficient (Wildman–Crippen LogP) is 4.76. The first-order valence-electron chi connectivity index (χ1n) is 10.8. The Hall–Kier alpha value is -3.13. The molecule has 1 aliphatic rings. The van der Waals surface area contributed by atoms with E-state index in [-0.39, 0.29) is 17.2 Å². The van der Waals surface area contributed by atoms with Crippen LogP contribution in [-0.4, -0.2) is 38.1 Å². The van der Waals surface area contributed by atoms with Crippen molar-refractivity contribution < 1.29 is 12.6 Å². The lowest BCUT2D eigenvalue weighted by Gasteiger charge is -2.32. The molecule has 0 amide bonds. The SMILES string of the molecule is CN1Cc2ccccc2C(c2cccc(-c3c(OS(C)(=O)=O)c4ccc(Cl)cc4[nH]c3=O)c2)C1. The molecule has 4 aromatic rings. The lowest BCUT2D eigenvalue weighted by Crippen LogP contribution is -2.30. The molecule has 8 heteroatoms. The minimum Gasteiger partial charge on any atom is -0.381 e. The van der Waals surface area contributed by atoms with Crippen molar-refractivity contribution in [2.75, 3.05) is 19.8 Å². The van der Waals surface area contributed by atoms with Gasteiger partial charge in [-0.05, 0) is 47.5 Å². The molecule has 2 heterocycles. The van der Waals surface area contributed by atoms with Crippen LogP contribution < -0.4 is 9.74 Å². The number of H-pyrrole nitrogens is 1. The largest absolute Gasteiger partial charge is 0.381 e. The molecule has 5 rings (SSSR count). The lowest BCUT2D eigenvalue weighted by molar-refractivity contribution is 0.295. The third-order valence-electron chi connectivity index (χ3n) is 6.11. The van der Waals surface area contributed by atoms with E-state index in [4.69, 9.17) is 15.8 Å². The molecule has 0 saturated heterocycles. The van der Waals surface area contributed by atoms with Gasteiger partial charge in [0.2, 0.25) is 0 Å². The smallest absolute Gasteiger partial charge is 0.306 e. The van der Waals surface area contributed by atoms with Crippen LogP contribution in [0.4, 0.5) is 0 Å². The molecule has 0 spiro atoms. The number of halogens is 1. The van der Waals surface area contributed by atoms with Gasteiger partial charge in [-0.3, -0.25) is 4.79 Å². The van der Waals surface area contributed by atoms with Crippen LogP contribution in [0.15, 0.2) is 71.5 Å². The van der Waals surface area contributed by atoms with Gasteiger partial charge in [-0.25, -0.2) is 0 Å². The van der Waals surface area contributed by atoms with E-state index < -0.39 is 15.7 Å². The molecular weight excluding hydrogens is 472 g/mol. The number of nitrogens with zero attached hydrogens (tertiary/aromatic N) is 1. The number of benzene rings is 3. The fraction of sp³-hybridized carbons (Fsp3) is 0.192. The van der Waals surface area contributed by atoms with E-state index in [2.05, 4.69) is 29.1 Å². The van der Waals surface area contributed by atoms with Gasteiger partial charge in [-0.1, -0.05) is 60.1 Å². The fourth-order valence-electron chi connectivity index (χ4n) is 4.72. The van der Waals surface area contributed by atoms with E-state index in [1.54, 1.807) is 24.3 Å². The van der Waals surface area contributed by atoms with Crippen LogP contribution in [0.2, 0.25) is 5.02 Å². The number of rotatable bonds is 4. The van der Waals surface area contributed by atoms with Crippen molar-refractivity contribution in [1.29, 1.82) is 0 Å². The summed E-state index contributed by atoms with van der Waals surface area (Å²) >= 11 is 6.09. The van der Waals surface area contributed by atoms with Gasteiger partial charge in [0.05, 0.1) is 17.3 Å². The van der Waals surface area contributed by atoms with Gasteiger partial charge in [0.1, 0.15) is 0 Å².